The van der Waals surface area contributed by atoms with Gasteiger partial charge >= 0.3 is 0 Å². The molecule has 1 fully saturated rings. The van der Waals surface area contributed by atoms with Crippen LogP contribution in [0.3, 0.4) is 0 Å². The van der Waals surface area contributed by atoms with Gasteiger partial charge in [-0.3, -0.25) is 4.90 Å². The summed E-state index contributed by atoms with van der Waals surface area (Å²) in [4.78, 5) is 8.93. The highest BCUT2D eigenvalue weighted by atomic mass is 32.1. The van der Waals surface area contributed by atoms with E-state index in [1.54, 1.807) is 6.26 Å². The number of piperazine rings is 1. The fourth-order valence-corrected chi connectivity index (χ4v) is 3.30. The normalized spacial score (nSPS) is 17.6. The van der Waals surface area contributed by atoms with Crippen LogP contribution in [-0.4, -0.2) is 64.8 Å². The Morgan fingerprint density at radius 1 is 1.39 bits per heavy atom. The molecule has 1 N–H and O–H groups in total. The molecule has 0 aliphatic carbocycles. The van der Waals surface area contributed by atoms with Crippen LogP contribution < -0.4 is 4.90 Å². The predicted molar refractivity (Wildman–Crippen MR) is 87.7 cm³/mol. The Hall–Kier alpha value is -1.48. The third kappa shape index (κ3) is 4.74. The molecule has 1 aliphatic rings. The van der Waals surface area contributed by atoms with Crippen LogP contribution in [0.2, 0.25) is 0 Å². The number of aliphatic hydroxyl groups excluding tert-OH is 1. The predicted octanol–water partition coefficient (Wildman–Crippen LogP) is 1.14. The van der Waals surface area contributed by atoms with Crippen LogP contribution in [0.5, 0.6) is 0 Å². The van der Waals surface area contributed by atoms with Crippen LogP contribution in [0.1, 0.15) is 11.6 Å². The molecule has 1 unspecified atom stereocenters. The lowest BCUT2D eigenvalue weighted by Gasteiger charge is -2.35. The van der Waals surface area contributed by atoms with E-state index in [9.17, 15) is 5.11 Å². The molecule has 8 heteroatoms. The summed E-state index contributed by atoms with van der Waals surface area (Å²) in [6.45, 7) is 6.90. The van der Waals surface area contributed by atoms with Crippen molar-refractivity contribution in [3.05, 3.63) is 30.0 Å². The van der Waals surface area contributed by atoms with E-state index in [0.29, 0.717) is 19.8 Å². The molecular weight excluding hydrogens is 316 g/mol. The highest BCUT2D eigenvalue weighted by Crippen LogP contribution is 2.18. The number of furan rings is 1. The Bertz CT molecular complexity index is 581. The molecule has 3 rings (SSSR count). The Balaban J connectivity index is 1.35. The number of anilines is 1. The largest absolute Gasteiger partial charge is 0.467 e. The summed E-state index contributed by atoms with van der Waals surface area (Å²) in [5.41, 5.74) is 0. The SMILES string of the molecule is Cc1nsc(N2CCN(CC(O)COCc3ccco3)CC2)n1. The van der Waals surface area contributed by atoms with E-state index in [4.69, 9.17) is 9.15 Å². The van der Waals surface area contributed by atoms with Crippen molar-refractivity contribution in [2.75, 3.05) is 44.2 Å². The Morgan fingerprint density at radius 2 is 2.22 bits per heavy atom. The van der Waals surface area contributed by atoms with Crippen molar-refractivity contribution in [2.24, 2.45) is 0 Å². The second kappa shape index (κ2) is 7.87. The van der Waals surface area contributed by atoms with Crippen molar-refractivity contribution in [3.63, 3.8) is 0 Å². The van der Waals surface area contributed by atoms with Gasteiger partial charge in [0.1, 0.15) is 18.2 Å². The second-order valence-electron chi connectivity index (χ2n) is 5.66. The number of nitrogens with zero attached hydrogens (tertiary/aromatic N) is 4. The lowest BCUT2D eigenvalue weighted by Crippen LogP contribution is -2.49. The minimum Gasteiger partial charge on any atom is -0.467 e. The molecule has 1 saturated heterocycles. The molecule has 0 radical (unpaired) electrons. The number of aryl methyl sites for hydroxylation is 1. The maximum absolute atomic E-state index is 10.1. The molecule has 1 aliphatic heterocycles. The zero-order valence-electron chi connectivity index (χ0n) is 13.2. The van der Waals surface area contributed by atoms with Crippen molar-refractivity contribution in [2.45, 2.75) is 19.6 Å². The lowest BCUT2D eigenvalue weighted by atomic mass is 10.3. The van der Waals surface area contributed by atoms with Gasteiger partial charge in [0.05, 0.1) is 19.0 Å². The third-order valence-corrected chi connectivity index (χ3v) is 4.63. The smallest absolute Gasteiger partial charge is 0.205 e. The van der Waals surface area contributed by atoms with Crippen LogP contribution in [0.15, 0.2) is 22.8 Å². The highest BCUT2D eigenvalue weighted by molar-refractivity contribution is 7.09. The lowest BCUT2D eigenvalue weighted by molar-refractivity contribution is 0.00442. The quantitative estimate of drug-likeness (QED) is 0.811. The molecule has 3 heterocycles. The molecule has 2 aromatic heterocycles. The summed E-state index contributed by atoms with van der Waals surface area (Å²) < 4.78 is 14.9. The number of aromatic nitrogens is 2. The second-order valence-corrected chi connectivity index (χ2v) is 6.39. The molecule has 0 saturated carbocycles. The molecule has 126 valence electrons. The Morgan fingerprint density at radius 3 is 2.87 bits per heavy atom. The molecule has 2 aromatic rings. The minimum atomic E-state index is -0.486. The first kappa shape index (κ1) is 16.4. The highest BCUT2D eigenvalue weighted by Gasteiger charge is 2.21. The van der Waals surface area contributed by atoms with E-state index in [0.717, 1.165) is 42.9 Å². The zero-order chi connectivity index (χ0) is 16.1. The van der Waals surface area contributed by atoms with Gasteiger partial charge in [-0.25, -0.2) is 4.98 Å². The number of aliphatic hydroxyl groups is 1. The van der Waals surface area contributed by atoms with Crippen LogP contribution >= 0.6 is 11.5 Å². The van der Waals surface area contributed by atoms with E-state index < -0.39 is 6.10 Å². The number of rotatable bonds is 7. The van der Waals surface area contributed by atoms with E-state index in [1.807, 2.05) is 19.1 Å². The van der Waals surface area contributed by atoms with Crippen molar-refractivity contribution in [3.8, 4) is 0 Å². The molecule has 7 nitrogen and oxygen atoms in total. The van der Waals surface area contributed by atoms with E-state index in [2.05, 4.69) is 19.2 Å². The van der Waals surface area contributed by atoms with E-state index in [-0.39, 0.29) is 0 Å². The monoisotopic (exact) mass is 338 g/mol. The fourth-order valence-electron chi connectivity index (χ4n) is 2.58. The molecule has 23 heavy (non-hydrogen) atoms. The zero-order valence-corrected chi connectivity index (χ0v) is 14.0. The van der Waals surface area contributed by atoms with Gasteiger partial charge in [0.15, 0.2) is 0 Å². The maximum atomic E-state index is 10.1. The first-order valence-electron chi connectivity index (χ1n) is 7.76. The average Bonchev–Trinajstić information content (AvgIpc) is 3.20. The maximum Gasteiger partial charge on any atom is 0.205 e. The first-order valence-corrected chi connectivity index (χ1v) is 8.54. The van der Waals surface area contributed by atoms with Gasteiger partial charge in [-0.1, -0.05) is 0 Å². The van der Waals surface area contributed by atoms with Crippen LogP contribution in [0.4, 0.5) is 5.13 Å². The third-order valence-electron chi connectivity index (χ3n) is 3.76. The van der Waals surface area contributed by atoms with Gasteiger partial charge in [-0.15, -0.1) is 0 Å². The van der Waals surface area contributed by atoms with E-state index in [1.165, 1.54) is 11.5 Å². The van der Waals surface area contributed by atoms with Crippen molar-refractivity contribution < 1.29 is 14.3 Å². The summed E-state index contributed by atoms with van der Waals surface area (Å²) in [5, 5.41) is 11.1. The Labute approximate surface area is 139 Å². The minimum absolute atomic E-state index is 0.316. The molecule has 0 bridgehead atoms. The van der Waals surface area contributed by atoms with Gasteiger partial charge in [-0.05, 0) is 19.1 Å². The summed E-state index contributed by atoms with van der Waals surface area (Å²) in [7, 11) is 0. The molecule has 1 atom stereocenters. The van der Waals surface area contributed by atoms with Crippen molar-refractivity contribution >= 4 is 16.7 Å². The van der Waals surface area contributed by atoms with Gasteiger partial charge in [0.2, 0.25) is 5.13 Å². The Kier molecular flexibility index (Phi) is 5.60. The summed E-state index contributed by atoms with van der Waals surface area (Å²) in [6.07, 6.45) is 1.13. The molecule has 0 aromatic carbocycles. The molecule has 0 spiro atoms. The number of hydrogen-bond acceptors (Lipinski definition) is 8. The summed E-state index contributed by atoms with van der Waals surface area (Å²) in [6, 6.07) is 3.69. The topological polar surface area (TPSA) is 74.9 Å². The standard InChI is InChI=1S/C15H22N4O3S/c1-12-16-15(23-17-12)19-6-4-18(5-7-19)9-13(20)10-21-11-14-3-2-8-22-14/h2-3,8,13,20H,4-7,9-11H2,1H3. The number of β-amino-alcohol motifs (C(OH)–C–C–N with tert-alkyl or cyclic N) is 1. The van der Waals surface area contributed by atoms with Crippen molar-refractivity contribution in [1.82, 2.24) is 14.3 Å². The van der Waals surface area contributed by atoms with Gasteiger partial charge in [-0.2, -0.15) is 4.37 Å². The van der Waals surface area contributed by atoms with Crippen molar-refractivity contribution in [1.29, 1.82) is 0 Å². The number of ether oxygens (including phenoxy) is 1. The average molecular weight is 338 g/mol. The van der Waals surface area contributed by atoms with Crippen LogP contribution in [0, 0.1) is 6.92 Å². The summed E-state index contributed by atoms with van der Waals surface area (Å²) in [5.74, 6) is 1.61. The summed E-state index contributed by atoms with van der Waals surface area (Å²) >= 11 is 1.45. The van der Waals surface area contributed by atoms with Crippen LogP contribution in [-0.2, 0) is 11.3 Å². The van der Waals surface area contributed by atoms with Crippen LogP contribution in [0.25, 0.3) is 0 Å². The fraction of sp³-hybridized carbons (Fsp3) is 0.600. The molecular formula is C15H22N4O3S. The van der Waals surface area contributed by atoms with Gasteiger partial charge in [0.25, 0.3) is 0 Å². The number of hydrogen-bond donors (Lipinski definition) is 1. The van der Waals surface area contributed by atoms with E-state index >= 15 is 0 Å². The van der Waals surface area contributed by atoms with Gasteiger partial charge in [0, 0.05) is 44.3 Å². The first-order chi connectivity index (χ1) is 11.2. The van der Waals surface area contributed by atoms with Gasteiger partial charge < -0.3 is 19.2 Å². The molecule has 0 amide bonds.